The molecular weight excluding hydrogens is 251 g/mol. The first-order valence-electron chi connectivity index (χ1n) is 4.10. The Labute approximate surface area is 86.3 Å². The van der Waals surface area contributed by atoms with Crippen LogP contribution < -0.4 is 0 Å². The van der Waals surface area contributed by atoms with E-state index < -0.39 is 24.3 Å². The fourth-order valence-electron chi connectivity index (χ4n) is 1.04. The molecule has 0 atom stereocenters. The molecule has 0 radical (unpaired) electrons. The van der Waals surface area contributed by atoms with Gasteiger partial charge in [-0.15, -0.1) is 0 Å². The lowest BCUT2D eigenvalue weighted by molar-refractivity contribution is 0.0185. The van der Waals surface area contributed by atoms with Gasteiger partial charge in [-0.3, -0.25) is 13.6 Å². The van der Waals surface area contributed by atoms with Crippen molar-refractivity contribution in [3.05, 3.63) is 0 Å². The Morgan fingerprint density at radius 3 is 2.20 bits per heavy atom. The standard InChI is InChI=1S/C5H9O8PS/c6-14(9-1-2-10-14)13-5-3-11-15(7,8)12-4-5/h5H,1-4H2. The molecule has 15 heavy (non-hydrogen) atoms. The molecule has 0 amide bonds. The van der Waals surface area contributed by atoms with Crippen molar-refractivity contribution in [2.45, 2.75) is 6.10 Å². The fourth-order valence-corrected chi connectivity index (χ4v) is 3.02. The number of hydrogen-bond acceptors (Lipinski definition) is 8. The predicted molar refractivity (Wildman–Crippen MR) is 45.2 cm³/mol. The van der Waals surface area contributed by atoms with Gasteiger partial charge in [0.1, 0.15) is 6.10 Å². The highest BCUT2D eigenvalue weighted by atomic mass is 32.3. The van der Waals surface area contributed by atoms with Crippen molar-refractivity contribution < 1.29 is 34.9 Å². The lowest BCUT2D eigenvalue weighted by Gasteiger charge is -2.22. The molecule has 2 aliphatic heterocycles. The second-order valence-electron chi connectivity index (χ2n) is 2.82. The Morgan fingerprint density at radius 1 is 1.13 bits per heavy atom. The largest absolute Gasteiger partial charge is 0.475 e. The number of hydrogen-bond donors (Lipinski definition) is 0. The Morgan fingerprint density at radius 2 is 1.67 bits per heavy atom. The Kier molecular flexibility index (Phi) is 3.13. The van der Waals surface area contributed by atoms with Gasteiger partial charge in [-0.25, -0.2) is 12.9 Å². The Balaban J connectivity index is 1.89. The van der Waals surface area contributed by atoms with E-state index in [9.17, 15) is 13.0 Å². The summed E-state index contributed by atoms with van der Waals surface area (Å²) in [6.45, 7) is -0.161. The smallest absolute Gasteiger partial charge is 0.284 e. The van der Waals surface area contributed by atoms with Gasteiger partial charge in [0, 0.05) is 0 Å². The number of rotatable bonds is 2. The van der Waals surface area contributed by atoms with Crippen molar-refractivity contribution in [1.82, 2.24) is 0 Å². The van der Waals surface area contributed by atoms with Crippen LogP contribution >= 0.6 is 7.82 Å². The molecule has 0 aromatic carbocycles. The van der Waals surface area contributed by atoms with Crippen molar-refractivity contribution >= 4 is 18.2 Å². The molecule has 0 unspecified atom stereocenters. The van der Waals surface area contributed by atoms with Crippen LogP contribution in [-0.4, -0.2) is 40.9 Å². The minimum absolute atomic E-state index is 0.185. The van der Waals surface area contributed by atoms with E-state index >= 15 is 0 Å². The molecule has 0 bridgehead atoms. The average Bonchev–Trinajstić information content (AvgIpc) is 2.57. The van der Waals surface area contributed by atoms with Crippen molar-refractivity contribution in [3.63, 3.8) is 0 Å². The van der Waals surface area contributed by atoms with Crippen molar-refractivity contribution in [2.24, 2.45) is 0 Å². The first-order chi connectivity index (χ1) is 6.99. The molecule has 0 aromatic heterocycles. The molecule has 2 aliphatic rings. The van der Waals surface area contributed by atoms with Crippen LogP contribution in [0, 0.1) is 0 Å². The van der Waals surface area contributed by atoms with Crippen LogP contribution in [0.15, 0.2) is 0 Å². The van der Waals surface area contributed by atoms with Crippen LogP contribution in [0.25, 0.3) is 0 Å². The summed E-state index contributed by atoms with van der Waals surface area (Å²) in [7, 11) is -7.46. The van der Waals surface area contributed by atoms with Gasteiger partial charge in [-0.2, -0.15) is 8.42 Å². The van der Waals surface area contributed by atoms with Crippen LogP contribution in [-0.2, 0) is 36.9 Å². The van der Waals surface area contributed by atoms with E-state index in [2.05, 4.69) is 8.37 Å². The molecule has 2 rings (SSSR count). The highest BCUT2D eigenvalue weighted by Gasteiger charge is 2.38. The molecule has 2 fully saturated rings. The molecule has 0 N–H and O–H groups in total. The highest BCUT2D eigenvalue weighted by Crippen LogP contribution is 2.53. The van der Waals surface area contributed by atoms with E-state index in [4.69, 9.17) is 13.6 Å². The summed E-state index contributed by atoms with van der Waals surface area (Å²) < 4.78 is 56.0. The summed E-state index contributed by atoms with van der Waals surface area (Å²) in [5.41, 5.74) is 0. The van der Waals surface area contributed by atoms with Gasteiger partial charge in [-0.1, -0.05) is 0 Å². The molecule has 8 nitrogen and oxygen atoms in total. The maximum absolute atomic E-state index is 11.5. The van der Waals surface area contributed by atoms with E-state index in [1.54, 1.807) is 0 Å². The van der Waals surface area contributed by atoms with Gasteiger partial charge >= 0.3 is 18.2 Å². The van der Waals surface area contributed by atoms with Crippen LogP contribution in [0.3, 0.4) is 0 Å². The molecule has 0 saturated carbocycles. The quantitative estimate of drug-likeness (QED) is 0.630. The second-order valence-corrected chi connectivity index (χ2v) is 5.73. The predicted octanol–water partition coefficient (Wildman–Crippen LogP) is -0.182. The minimum Gasteiger partial charge on any atom is -0.284 e. The first kappa shape index (κ1) is 11.5. The monoisotopic (exact) mass is 260 g/mol. The SMILES string of the molecule is O=P1(OC2COS(=O)(=O)OC2)OCCO1. The van der Waals surface area contributed by atoms with E-state index in [1.165, 1.54) is 0 Å². The number of phosphoric ester groups is 1. The molecule has 88 valence electrons. The molecule has 2 saturated heterocycles. The van der Waals surface area contributed by atoms with E-state index in [0.717, 1.165) is 0 Å². The third kappa shape index (κ3) is 2.97. The maximum Gasteiger partial charge on any atom is 0.475 e. The van der Waals surface area contributed by atoms with Gasteiger partial charge in [-0.05, 0) is 0 Å². The van der Waals surface area contributed by atoms with Gasteiger partial charge in [0.25, 0.3) is 0 Å². The summed E-state index contributed by atoms with van der Waals surface area (Å²) >= 11 is 0. The zero-order valence-corrected chi connectivity index (χ0v) is 9.24. The topological polar surface area (TPSA) is 97.4 Å². The van der Waals surface area contributed by atoms with Crippen LogP contribution in [0.2, 0.25) is 0 Å². The molecule has 2 heterocycles. The summed E-state index contributed by atoms with van der Waals surface area (Å²) in [6.07, 6.45) is -0.780. The van der Waals surface area contributed by atoms with E-state index in [1.807, 2.05) is 0 Å². The summed E-state index contributed by atoms with van der Waals surface area (Å²) in [4.78, 5) is 0. The van der Waals surface area contributed by atoms with E-state index in [0.29, 0.717) is 0 Å². The van der Waals surface area contributed by atoms with Crippen LogP contribution in [0.1, 0.15) is 0 Å². The second kappa shape index (κ2) is 4.10. The Hall–Kier alpha value is -0.0200. The van der Waals surface area contributed by atoms with E-state index in [-0.39, 0.29) is 26.4 Å². The zero-order chi connectivity index (χ0) is 10.9. The van der Waals surface area contributed by atoms with Crippen molar-refractivity contribution in [3.8, 4) is 0 Å². The normalized spacial score (nSPS) is 30.4. The molecular formula is C5H9O8PS. The van der Waals surface area contributed by atoms with Crippen molar-refractivity contribution in [2.75, 3.05) is 26.4 Å². The molecule has 0 spiro atoms. The number of phosphoric acid groups is 1. The fraction of sp³-hybridized carbons (Fsp3) is 1.00. The maximum atomic E-state index is 11.5. The third-order valence-corrected chi connectivity index (χ3v) is 4.06. The van der Waals surface area contributed by atoms with Gasteiger partial charge in [0.15, 0.2) is 0 Å². The van der Waals surface area contributed by atoms with Crippen LogP contribution in [0.4, 0.5) is 0 Å². The lowest BCUT2D eigenvalue weighted by Crippen LogP contribution is -2.33. The summed E-state index contributed by atoms with van der Waals surface area (Å²) in [5, 5.41) is 0. The Bertz CT molecular complexity index is 352. The highest BCUT2D eigenvalue weighted by molar-refractivity contribution is 7.81. The first-order valence-corrected chi connectivity index (χ1v) is 6.90. The molecule has 10 heteroatoms. The van der Waals surface area contributed by atoms with Crippen LogP contribution in [0.5, 0.6) is 0 Å². The summed E-state index contributed by atoms with van der Waals surface area (Å²) in [6, 6.07) is 0. The molecule has 0 aromatic rings. The zero-order valence-electron chi connectivity index (χ0n) is 7.53. The lowest BCUT2D eigenvalue weighted by atomic mass is 10.4. The third-order valence-electron chi connectivity index (χ3n) is 1.66. The van der Waals surface area contributed by atoms with Gasteiger partial charge in [0.05, 0.1) is 26.4 Å². The minimum atomic E-state index is -3.92. The van der Waals surface area contributed by atoms with Crippen molar-refractivity contribution in [1.29, 1.82) is 0 Å². The van der Waals surface area contributed by atoms with Gasteiger partial charge in [0.2, 0.25) is 0 Å². The van der Waals surface area contributed by atoms with Gasteiger partial charge < -0.3 is 0 Å². The summed E-state index contributed by atoms with van der Waals surface area (Å²) in [5.74, 6) is 0. The average molecular weight is 260 g/mol. The molecule has 0 aliphatic carbocycles.